The summed E-state index contributed by atoms with van der Waals surface area (Å²) in [6.07, 6.45) is 6.70. The van der Waals surface area contributed by atoms with E-state index in [0.717, 1.165) is 60.1 Å². The van der Waals surface area contributed by atoms with E-state index in [-0.39, 0.29) is 0 Å². The van der Waals surface area contributed by atoms with Crippen molar-refractivity contribution in [1.82, 2.24) is 14.3 Å². The molecule has 1 aliphatic heterocycles. The molecule has 0 amide bonds. The van der Waals surface area contributed by atoms with Crippen LogP contribution in [0.5, 0.6) is 11.5 Å². The van der Waals surface area contributed by atoms with Crippen LogP contribution < -0.4 is 9.47 Å². The Balaban J connectivity index is 1.43. The van der Waals surface area contributed by atoms with Crippen LogP contribution in [0.3, 0.4) is 0 Å². The van der Waals surface area contributed by atoms with Gasteiger partial charge < -0.3 is 18.8 Å². The van der Waals surface area contributed by atoms with E-state index in [1.54, 1.807) is 0 Å². The minimum Gasteiger partial charge on any atom is -0.492 e. The molecule has 5 heteroatoms. The van der Waals surface area contributed by atoms with Gasteiger partial charge in [0.1, 0.15) is 29.6 Å². The Morgan fingerprint density at radius 1 is 1.19 bits per heavy atom. The quantitative estimate of drug-likeness (QED) is 0.635. The van der Waals surface area contributed by atoms with Gasteiger partial charge in [0.15, 0.2) is 0 Å². The molecule has 0 fully saturated rings. The zero-order valence-electron chi connectivity index (χ0n) is 15.9. The van der Waals surface area contributed by atoms with Gasteiger partial charge in [-0.15, -0.1) is 0 Å². The second kappa shape index (κ2) is 7.84. The first-order chi connectivity index (χ1) is 13.3. The molecule has 0 N–H and O–H groups in total. The Morgan fingerprint density at radius 2 is 2.07 bits per heavy atom. The van der Waals surface area contributed by atoms with Crippen molar-refractivity contribution < 1.29 is 9.47 Å². The Bertz CT molecular complexity index is 957. The summed E-state index contributed by atoms with van der Waals surface area (Å²) in [4.78, 5) is 6.86. The van der Waals surface area contributed by atoms with Crippen molar-refractivity contribution in [3.8, 4) is 11.5 Å². The predicted octanol–water partition coefficient (Wildman–Crippen LogP) is 4.03. The molecule has 0 bridgehead atoms. The van der Waals surface area contributed by atoms with E-state index in [4.69, 9.17) is 9.47 Å². The number of aromatic nitrogens is 2. The Kier molecular flexibility index (Phi) is 5.12. The number of hydrogen-bond acceptors (Lipinski definition) is 4. The zero-order valence-corrected chi connectivity index (χ0v) is 15.9. The lowest BCUT2D eigenvalue weighted by Gasteiger charge is -2.20. The van der Waals surface area contributed by atoms with E-state index in [0.29, 0.717) is 6.61 Å². The van der Waals surface area contributed by atoms with E-state index in [9.17, 15) is 0 Å². The molecule has 0 unspecified atom stereocenters. The van der Waals surface area contributed by atoms with Crippen molar-refractivity contribution >= 4 is 11.3 Å². The maximum absolute atomic E-state index is 6.10. The van der Waals surface area contributed by atoms with Gasteiger partial charge in [-0.05, 0) is 62.0 Å². The number of rotatable bonds is 7. The molecule has 3 heterocycles. The summed E-state index contributed by atoms with van der Waals surface area (Å²) >= 11 is 0. The van der Waals surface area contributed by atoms with Crippen LogP contribution in [0, 0.1) is 0 Å². The van der Waals surface area contributed by atoms with Crippen molar-refractivity contribution in [2.24, 2.45) is 0 Å². The SMILES string of the molecule is CCN(CC)CCOc1ccc2c(c1)CC=C(c1cc3cccn3cn1)O2. The van der Waals surface area contributed by atoms with Gasteiger partial charge in [-0.3, -0.25) is 0 Å². The number of hydrogen-bond donors (Lipinski definition) is 0. The highest BCUT2D eigenvalue weighted by molar-refractivity contribution is 5.66. The molecule has 0 saturated heterocycles. The summed E-state index contributed by atoms with van der Waals surface area (Å²) in [6.45, 7) is 8.09. The number of nitrogens with zero attached hydrogens (tertiary/aromatic N) is 3. The lowest BCUT2D eigenvalue weighted by molar-refractivity contribution is 0.222. The fourth-order valence-electron chi connectivity index (χ4n) is 3.33. The van der Waals surface area contributed by atoms with Crippen LogP contribution in [-0.2, 0) is 6.42 Å². The number of benzene rings is 1. The molecule has 4 rings (SSSR count). The number of allylic oxidation sites excluding steroid dienone is 1. The molecule has 1 aromatic carbocycles. The first kappa shape index (κ1) is 17.6. The Labute approximate surface area is 159 Å². The summed E-state index contributed by atoms with van der Waals surface area (Å²) in [5, 5.41) is 0. The minimum absolute atomic E-state index is 0.698. The second-order valence-corrected chi connectivity index (χ2v) is 6.63. The van der Waals surface area contributed by atoms with Gasteiger partial charge in [-0.1, -0.05) is 13.8 Å². The van der Waals surface area contributed by atoms with Crippen LogP contribution in [0.25, 0.3) is 11.3 Å². The minimum atomic E-state index is 0.698. The molecular weight excluding hydrogens is 338 g/mol. The Morgan fingerprint density at radius 3 is 2.93 bits per heavy atom. The number of ether oxygens (including phenoxy) is 2. The third-order valence-electron chi connectivity index (χ3n) is 5.00. The average molecular weight is 363 g/mol. The molecule has 2 aromatic heterocycles. The molecule has 140 valence electrons. The lowest BCUT2D eigenvalue weighted by atomic mass is 10.1. The molecule has 0 saturated carbocycles. The fraction of sp³-hybridized carbons (Fsp3) is 0.318. The van der Waals surface area contributed by atoms with Crippen LogP contribution in [0.1, 0.15) is 25.1 Å². The molecule has 0 atom stereocenters. The van der Waals surface area contributed by atoms with Gasteiger partial charge in [-0.25, -0.2) is 4.98 Å². The molecule has 3 aromatic rings. The van der Waals surface area contributed by atoms with Crippen molar-refractivity contribution in [2.75, 3.05) is 26.2 Å². The molecule has 0 radical (unpaired) electrons. The van der Waals surface area contributed by atoms with E-state index in [1.165, 1.54) is 0 Å². The van der Waals surface area contributed by atoms with Crippen LogP contribution in [0.2, 0.25) is 0 Å². The van der Waals surface area contributed by atoms with Crippen molar-refractivity contribution in [1.29, 1.82) is 0 Å². The summed E-state index contributed by atoms with van der Waals surface area (Å²) in [6, 6.07) is 12.2. The fourth-order valence-corrected chi connectivity index (χ4v) is 3.33. The smallest absolute Gasteiger partial charge is 0.149 e. The third-order valence-corrected chi connectivity index (χ3v) is 5.00. The lowest BCUT2D eigenvalue weighted by Crippen LogP contribution is -2.27. The second-order valence-electron chi connectivity index (χ2n) is 6.63. The van der Waals surface area contributed by atoms with Gasteiger partial charge in [0.25, 0.3) is 0 Å². The van der Waals surface area contributed by atoms with E-state index in [1.807, 2.05) is 41.2 Å². The maximum Gasteiger partial charge on any atom is 0.149 e. The van der Waals surface area contributed by atoms with Crippen LogP contribution in [0.4, 0.5) is 0 Å². The molecule has 0 spiro atoms. The van der Waals surface area contributed by atoms with Gasteiger partial charge in [-0.2, -0.15) is 0 Å². The van der Waals surface area contributed by atoms with Crippen molar-refractivity contribution in [2.45, 2.75) is 20.3 Å². The summed E-state index contributed by atoms with van der Waals surface area (Å²) in [5.41, 5.74) is 3.10. The molecule has 27 heavy (non-hydrogen) atoms. The first-order valence-electron chi connectivity index (χ1n) is 9.56. The third kappa shape index (κ3) is 3.83. The highest BCUT2D eigenvalue weighted by atomic mass is 16.5. The van der Waals surface area contributed by atoms with Crippen molar-refractivity contribution in [3.63, 3.8) is 0 Å². The van der Waals surface area contributed by atoms with Crippen LogP contribution in [-0.4, -0.2) is 40.5 Å². The zero-order chi connectivity index (χ0) is 18.6. The van der Waals surface area contributed by atoms with E-state index < -0.39 is 0 Å². The molecule has 0 aliphatic carbocycles. The predicted molar refractivity (Wildman–Crippen MR) is 107 cm³/mol. The maximum atomic E-state index is 6.10. The van der Waals surface area contributed by atoms with Gasteiger partial charge in [0.2, 0.25) is 0 Å². The topological polar surface area (TPSA) is 39.0 Å². The van der Waals surface area contributed by atoms with E-state index in [2.05, 4.69) is 41.9 Å². The largest absolute Gasteiger partial charge is 0.492 e. The van der Waals surface area contributed by atoms with Gasteiger partial charge >= 0.3 is 0 Å². The number of fused-ring (bicyclic) bond motifs is 2. The number of likely N-dealkylation sites (N-methyl/N-ethyl adjacent to an activating group) is 1. The van der Waals surface area contributed by atoms with Crippen LogP contribution >= 0.6 is 0 Å². The first-order valence-corrected chi connectivity index (χ1v) is 9.56. The van der Waals surface area contributed by atoms with Crippen LogP contribution in [0.15, 0.2) is 55.0 Å². The normalized spacial score (nSPS) is 13.4. The van der Waals surface area contributed by atoms with E-state index >= 15 is 0 Å². The van der Waals surface area contributed by atoms with Gasteiger partial charge in [0, 0.05) is 23.8 Å². The summed E-state index contributed by atoms with van der Waals surface area (Å²) in [5.74, 6) is 2.58. The highest BCUT2D eigenvalue weighted by Crippen LogP contribution is 2.32. The highest BCUT2D eigenvalue weighted by Gasteiger charge is 2.16. The summed E-state index contributed by atoms with van der Waals surface area (Å²) < 4.78 is 14.0. The molecular formula is C22H25N3O2. The van der Waals surface area contributed by atoms with Crippen molar-refractivity contribution in [3.05, 3.63) is 66.3 Å². The molecule has 5 nitrogen and oxygen atoms in total. The molecule has 1 aliphatic rings. The summed E-state index contributed by atoms with van der Waals surface area (Å²) in [7, 11) is 0. The van der Waals surface area contributed by atoms with Gasteiger partial charge in [0.05, 0.1) is 6.33 Å². The average Bonchev–Trinajstić information content (AvgIpc) is 3.18. The standard InChI is InChI=1S/C22H25N3O2/c1-3-24(4-2)12-13-26-19-8-10-21-17(14-19)7-9-22(27-21)20-15-18-6-5-11-25(18)16-23-20/h5-6,8-11,14-16H,3-4,7,12-13H2,1-2H3. The Hall–Kier alpha value is -2.79. The monoisotopic (exact) mass is 363 g/mol.